The molecule has 2 aliphatic rings. The van der Waals surface area contributed by atoms with E-state index in [9.17, 15) is 9.59 Å². The van der Waals surface area contributed by atoms with E-state index in [0.717, 1.165) is 63.9 Å². The number of nitrogens with zero attached hydrogens (tertiary/aromatic N) is 2. The highest BCUT2D eigenvalue weighted by atomic mass is 16.6. The van der Waals surface area contributed by atoms with E-state index in [0.29, 0.717) is 16.5 Å². The molecule has 1 atom stereocenters. The van der Waals surface area contributed by atoms with E-state index in [1.54, 1.807) is 22.8 Å². The van der Waals surface area contributed by atoms with Gasteiger partial charge in [0.2, 0.25) is 0 Å². The number of aromatic nitrogens is 2. The Morgan fingerprint density at radius 2 is 2.07 bits per heavy atom. The summed E-state index contributed by atoms with van der Waals surface area (Å²) >= 11 is 0. The summed E-state index contributed by atoms with van der Waals surface area (Å²) in [4.78, 5) is 30.0. The molecule has 0 N–H and O–H groups in total. The summed E-state index contributed by atoms with van der Waals surface area (Å²) in [5.41, 5.74) is 1.00. The van der Waals surface area contributed by atoms with Crippen LogP contribution in [0.15, 0.2) is 23.0 Å². The summed E-state index contributed by atoms with van der Waals surface area (Å²) in [6.07, 6.45) is 8.27. The second kappa shape index (κ2) is 8.21. The van der Waals surface area contributed by atoms with Crippen LogP contribution >= 0.6 is 0 Å². The first kappa shape index (κ1) is 18.2. The Hall–Kier alpha value is -2.21. The summed E-state index contributed by atoms with van der Waals surface area (Å²) in [6.45, 7) is 1.73. The predicted molar refractivity (Wildman–Crippen MR) is 102 cm³/mol. The van der Waals surface area contributed by atoms with Crippen LogP contribution < -0.4 is 5.56 Å². The molecule has 1 fully saturated rings. The Morgan fingerprint density at radius 1 is 1.19 bits per heavy atom. The quantitative estimate of drug-likeness (QED) is 0.776. The van der Waals surface area contributed by atoms with Crippen molar-refractivity contribution in [1.29, 1.82) is 0 Å². The van der Waals surface area contributed by atoms with Crippen molar-refractivity contribution in [2.75, 3.05) is 13.2 Å². The van der Waals surface area contributed by atoms with Crippen LogP contribution in [0.2, 0.25) is 0 Å². The van der Waals surface area contributed by atoms with Gasteiger partial charge in [-0.15, -0.1) is 0 Å². The predicted octanol–water partition coefficient (Wildman–Crippen LogP) is 3.24. The molecule has 2 aliphatic heterocycles. The zero-order valence-corrected chi connectivity index (χ0v) is 15.6. The number of fused-ring (bicyclic) bond motifs is 2. The lowest BCUT2D eigenvalue weighted by molar-refractivity contribution is -0.0300. The van der Waals surface area contributed by atoms with Gasteiger partial charge in [0.25, 0.3) is 5.56 Å². The van der Waals surface area contributed by atoms with Crippen molar-refractivity contribution in [2.45, 2.75) is 64.0 Å². The van der Waals surface area contributed by atoms with Crippen LogP contribution in [0.4, 0.5) is 0 Å². The minimum Gasteiger partial charge on any atom is -0.459 e. The molecule has 1 saturated heterocycles. The third kappa shape index (κ3) is 4.05. The summed E-state index contributed by atoms with van der Waals surface area (Å²) in [6, 6.07) is 5.04. The van der Waals surface area contributed by atoms with Crippen molar-refractivity contribution >= 4 is 16.9 Å². The zero-order valence-electron chi connectivity index (χ0n) is 15.6. The van der Waals surface area contributed by atoms with Crippen LogP contribution in [-0.4, -0.2) is 34.8 Å². The summed E-state index contributed by atoms with van der Waals surface area (Å²) in [5.74, 6) is 0.438. The maximum Gasteiger partial charge on any atom is 0.338 e. The Labute approximate surface area is 158 Å². The largest absolute Gasteiger partial charge is 0.459 e. The first-order chi connectivity index (χ1) is 13.2. The molecule has 0 bridgehead atoms. The molecule has 2 aromatic rings. The highest BCUT2D eigenvalue weighted by Gasteiger charge is 2.18. The fourth-order valence-electron chi connectivity index (χ4n) is 3.91. The summed E-state index contributed by atoms with van der Waals surface area (Å²) < 4.78 is 12.8. The van der Waals surface area contributed by atoms with Crippen LogP contribution in [-0.2, 0) is 22.4 Å². The Kier molecular flexibility index (Phi) is 5.53. The minimum absolute atomic E-state index is 0.00702. The maximum absolute atomic E-state index is 12.8. The Morgan fingerprint density at radius 3 is 2.93 bits per heavy atom. The van der Waals surface area contributed by atoms with Crippen molar-refractivity contribution in [2.24, 2.45) is 0 Å². The average molecular weight is 370 g/mol. The fourth-order valence-corrected chi connectivity index (χ4v) is 3.91. The van der Waals surface area contributed by atoms with Gasteiger partial charge in [-0.1, -0.05) is 12.8 Å². The van der Waals surface area contributed by atoms with Gasteiger partial charge in [0, 0.05) is 19.6 Å². The lowest BCUT2D eigenvalue weighted by Gasteiger charge is -2.22. The molecule has 6 nitrogen and oxygen atoms in total. The first-order valence-electron chi connectivity index (χ1n) is 10.0. The number of carbonyl (C=O) groups excluding carboxylic acids is 1. The summed E-state index contributed by atoms with van der Waals surface area (Å²) in [5, 5.41) is 0.562. The Bertz CT molecular complexity index is 884. The van der Waals surface area contributed by atoms with Gasteiger partial charge in [0.15, 0.2) is 0 Å². The minimum atomic E-state index is -0.389. The molecule has 1 aromatic heterocycles. The smallest absolute Gasteiger partial charge is 0.338 e. The Balaban J connectivity index is 1.56. The van der Waals surface area contributed by atoms with Gasteiger partial charge in [-0.3, -0.25) is 9.36 Å². The van der Waals surface area contributed by atoms with Crippen molar-refractivity contribution in [3.63, 3.8) is 0 Å². The molecule has 1 aromatic carbocycles. The summed E-state index contributed by atoms with van der Waals surface area (Å²) in [7, 11) is 0. The lowest BCUT2D eigenvalue weighted by atomic mass is 10.1. The third-order valence-electron chi connectivity index (χ3n) is 5.48. The number of hydrogen-bond donors (Lipinski definition) is 0. The maximum atomic E-state index is 12.8. The van der Waals surface area contributed by atoms with Gasteiger partial charge in [0.05, 0.1) is 22.6 Å². The van der Waals surface area contributed by atoms with E-state index < -0.39 is 0 Å². The molecule has 0 saturated carbocycles. The SMILES string of the molecule is O=C(OCC1CCCCO1)c1ccc2c(=O)n3c(nc2c1)CCCCCC3. The van der Waals surface area contributed by atoms with E-state index in [4.69, 9.17) is 14.5 Å². The highest BCUT2D eigenvalue weighted by Crippen LogP contribution is 2.18. The van der Waals surface area contributed by atoms with Crippen molar-refractivity contribution in [3.8, 4) is 0 Å². The molecule has 6 heteroatoms. The van der Waals surface area contributed by atoms with Crippen LogP contribution in [0.1, 0.15) is 61.1 Å². The van der Waals surface area contributed by atoms with Gasteiger partial charge in [-0.05, 0) is 50.3 Å². The number of aryl methyl sites for hydroxylation is 1. The molecular weight excluding hydrogens is 344 g/mol. The fraction of sp³-hybridized carbons (Fsp3) is 0.571. The zero-order chi connectivity index (χ0) is 18.6. The average Bonchev–Trinajstić information content (AvgIpc) is 2.68. The third-order valence-corrected chi connectivity index (χ3v) is 5.48. The number of benzene rings is 1. The number of rotatable bonds is 3. The molecule has 27 heavy (non-hydrogen) atoms. The van der Waals surface area contributed by atoms with Crippen molar-refractivity contribution in [1.82, 2.24) is 9.55 Å². The van der Waals surface area contributed by atoms with E-state index in [2.05, 4.69) is 0 Å². The van der Waals surface area contributed by atoms with Gasteiger partial charge in [0.1, 0.15) is 12.4 Å². The highest BCUT2D eigenvalue weighted by molar-refractivity contribution is 5.94. The molecule has 0 amide bonds. The van der Waals surface area contributed by atoms with Crippen molar-refractivity contribution < 1.29 is 14.3 Å². The molecule has 0 aliphatic carbocycles. The van der Waals surface area contributed by atoms with Gasteiger partial charge in [-0.25, -0.2) is 9.78 Å². The number of hydrogen-bond acceptors (Lipinski definition) is 5. The van der Waals surface area contributed by atoms with E-state index in [-0.39, 0.29) is 24.2 Å². The molecule has 0 spiro atoms. The number of esters is 1. The molecule has 4 rings (SSSR count). The molecule has 144 valence electrons. The van der Waals surface area contributed by atoms with E-state index in [1.165, 1.54) is 6.42 Å². The molecular formula is C21H26N2O4. The van der Waals surface area contributed by atoms with Gasteiger partial charge >= 0.3 is 5.97 Å². The van der Waals surface area contributed by atoms with E-state index in [1.807, 2.05) is 0 Å². The van der Waals surface area contributed by atoms with E-state index >= 15 is 0 Å². The van der Waals surface area contributed by atoms with Gasteiger partial charge in [-0.2, -0.15) is 0 Å². The molecule has 0 radical (unpaired) electrons. The molecule has 3 heterocycles. The number of ether oxygens (including phenoxy) is 2. The second-order valence-electron chi connectivity index (χ2n) is 7.47. The van der Waals surface area contributed by atoms with Crippen LogP contribution in [0.3, 0.4) is 0 Å². The van der Waals surface area contributed by atoms with Crippen LogP contribution in [0.5, 0.6) is 0 Å². The monoisotopic (exact) mass is 370 g/mol. The van der Waals surface area contributed by atoms with Gasteiger partial charge < -0.3 is 9.47 Å². The molecule has 1 unspecified atom stereocenters. The standard InChI is InChI=1S/C21H26N2O4/c24-20-17-10-9-15(21(25)27-14-16-7-4-6-12-26-16)13-18(17)22-19-8-3-1-2-5-11-23(19)20/h9-10,13,16H,1-8,11-12,14H2. The second-order valence-corrected chi connectivity index (χ2v) is 7.47. The first-order valence-corrected chi connectivity index (χ1v) is 10.0. The lowest BCUT2D eigenvalue weighted by Crippen LogP contribution is -2.27. The normalized spacial score (nSPS) is 20.5. The number of carbonyl (C=O) groups is 1. The topological polar surface area (TPSA) is 70.4 Å². The van der Waals surface area contributed by atoms with Crippen LogP contribution in [0, 0.1) is 0 Å². The van der Waals surface area contributed by atoms with Crippen LogP contribution in [0.25, 0.3) is 10.9 Å². The van der Waals surface area contributed by atoms with Crippen molar-refractivity contribution in [3.05, 3.63) is 39.9 Å².